The quantitative estimate of drug-likeness (QED) is 0.227. The van der Waals surface area contributed by atoms with Gasteiger partial charge < -0.3 is 24.6 Å². The largest absolute Gasteiger partial charge is 0.508 e. The highest BCUT2D eigenvalue weighted by Gasteiger charge is 2.47. The first-order valence-electron chi connectivity index (χ1n) is 12.2. The highest BCUT2D eigenvalue weighted by molar-refractivity contribution is 6.51. The number of esters is 1. The summed E-state index contributed by atoms with van der Waals surface area (Å²) in [5.41, 5.74) is 2.04. The summed E-state index contributed by atoms with van der Waals surface area (Å²) >= 11 is 0. The third kappa shape index (κ3) is 4.32. The maximum absolute atomic E-state index is 13.4. The Bertz CT molecular complexity index is 1460. The fourth-order valence-electron chi connectivity index (χ4n) is 4.74. The van der Waals surface area contributed by atoms with Gasteiger partial charge in [0, 0.05) is 18.3 Å². The Labute approximate surface area is 219 Å². The molecule has 1 atom stereocenters. The number of rotatable bonds is 5. The van der Waals surface area contributed by atoms with Crippen molar-refractivity contribution >= 4 is 34.8 Å². The second-order valence-corrected chi connectivity index (χ2v) is 8.98. The minimum atomic E-state index is -1.03. The fraction of sp³-hybridized carbons (Fsp3) is 0.207. The van der Waals surface area contributed by atoms with Gasteiger partial charge >= 0.3 is 5.97 Å². The number of amides is 1. The summed E-state index contributed by atoms with van der Waals surface area (Å²) in [5, 5.41) is 21.6. The average molecular weight is 515 g/mol. The summed E-state index contributed by atoms with van der Waals surface area (Å²) in [6, 6.07) is 16.3. The first kappa shape index (κ1) is 24.9. The molecule has 0 radical (unpaired) electrons. The van der Waals surface area contributed by atoms with Gasteiger partial charge in [-0.1, -0.05) is 12.1 Å². The Morgan fingerprint density at radius 1 is 1.05 bits per heavy atom. The number of aromatic hydroxyl groups is 1. The molecule has 0 aliphatic carbocycles. The van der Waals surface area contributed by atoms with Crippen molar-refractivity contribution in [1.82, 2.24) is 0 Å². The molecule has 1 unspecified atom stereocenters. The number of fused-ring (bicyclic) bond motifs is 1. The number of likely N-dealkylation sites (N-methyl/N-ethyl adjacent to an activating group) is 1. The van der Waals surface area contributed by atoms with Gasteiger partial charge in [-0.3, -0.25) is 14.5 Å². The van der Waals surface area contributed by atoms with Gasteiger partial charge in [0.05, 0.1) is 36.0 Å². The Balaban J connectivity index is 1.64. The van der Waals surface area contributed by atoms with Gasteiger partial charge in [-0.25, -0.2) is 4.79 Å². The molecule has 0 saturated carbocycles. The molecular formula is C29H26N2O7. The highest BCUT2D eigenvalue weighted by Crippen LogP contribution is 2.43. The summed E-state index contributed by atoms with van der Waals surface area (Å²) in [5.74, 6) is -1.97. The zero-order valence-electron chi connectivity index (χ0n) is 20.9. The lowest BCUT2D eigenvalue weighted by Gasteiger charge is -2.28. The summed E-state index contributed by atoms with van der Waals surface area (Å²) < 4.78 is 10.7. The van der Waals surface area contributed by atoms with E-state index < -0.39 is 23.7 Å². The molecule has 1 amide bonds. The minimum absolute atomic E-state index is 0.0571. The predicted molar refractivity (Wildman–Crippen MR) is 140 cm³/mol. The number of ketones is 1. The summed E-state index contributed by atoms with van der Waals surface area (Å²) in [6.07, 6.45) is 0. The van der Waals surface area contributed by atoms with E-state index in [9.17, 15) is 24.6 Å². The molecule has 3 aromatic rings. The Morgan fingerprint density at radius 2 is 1.79 bits per heavy atom. The lowest BCUT2D eigenvalue weighted by molar-refractivity contribution is -0.132. The molecule has 38 heavy (non-hydrogen) atoms. The van der Waals surface area contributed by atoms with Crippen LogP contribution < -0.4 is 14.5 Å². The van der Waals surface area contributed by atoms with Crippen molar-refractivity contribution in [2.75, 3.05) is 36.6 Å². The Hall–Kier alpha value is -4.79. The molecule has 5 rings (SSSR count). The van der Waals surface area contributed by atoms with E-state index >= 15 is 0 Å². The van der Waals surface area contributed by atoms with Gasteiger partial charge in [-0.15, -0.1) is 0 Å². The smallest absolute Gasteiger partial charge is 0.338 e. The number of carbonyl (C=O) groups is 3. The number of phenols is 1. The van der Waals surface area contributed by atoms with E-state index in [1.807, 2.05) is 11.9 Å². The van der Waals surface area contributed by atoms with Gasteiger partial charge in [0.25, 0.3) is 11.7 Å². The summed E-state index contributed by atoms with van der Waals surface area (Å²) in [7, 11) is 1.90. The van der Waals surface area contributed by atoms with Crippen molar-refractivity contribution in [3.05, 3.63) is 89.0 Å². The zero-order chi connectivity index (χ0) is 27.0. The van der Waals surface area contributed by atoms with Crippen LogP contribution in [0.5, 0.6) is 11.5 Å². The molecule has 1 fully saturated rings. The Kier molecular flexibility index (Phi) is 6.50. The Morgan fingerprint density at radius 3 is 2.50 bits per heavy atom. The topological polar surface area (TPSA) is 117 Å². The molecule has 3 aromatic carbocycles. The van der Waals surface area contributed by atoms with Gasteiger partial charge in [-0.2, -0.15) is 0 Å². The molecule has 2 aliphatic rings. The van der Waals surface area contributed by atoms with Crippen molar-refractivity contribution in [3.8, 4) is 11.5 Å². The van der Waals surface area contributed by atoms with Crippen molar-refractivity contribution < 1.29 is 34.1 Å². The average Bonchev–Trinajstić information content (AvgIpc) is 3.18. The SMILES string of the molecule is CCOC(=O)c1ccc(N2C(=O)C(=O)/C(=C(\O)c3ccc4c(c3)N(C)CCO4)C2c2cccc(O)c2)cc1. The van der Waals surface area contributed by atoms with Crippen LogP contribution in [0.15, 0.2) is 72.3 Å². The number of Topliss-reactive ketones (excluding diaryl/α,β-unsaturated/α-hetero) is 1. The van der Waals surface area contributed by atoms with E-state index in [1.54, 1.807) is 49.4 Å². The van der Waals surface area contributed by atoms with E-state index in [0.717, 1.165) is 5.69 Å². The molecule has 194 valence electrons. The lowest BCUT2D eigenvalue weighted by atomic mass is 9.94. The van der Waals surface area contributed by atoms with Crippen LogP contribution in [0.1, 0.15) is 34.5 Å². The first-order chi connectivity index (χ1) is 18.3. The molecule has 2 heterocycles. The van der Waals surface area contributed by atoms with E-state index in [1.165, 1.54) is 29.2 Å². The van der Waals surface area contributed by atoms with Gasteiger partial charge in [0.2, 0.25) is 0 Å². The van der Waals surface area contributed by atoms with E-state index in [0.29, 0.717) is 41.3 Å². The van der Waals surface area contributed by atoms with Crippen LogP contribution in [-0.4, -0.2) is 54.7 Å². The molecular weight excluding hydrogens is 488 g/mol. The van der Waals surface area contributed by atoms with Crippen LogP contribution in [0.3, 0.4) is 0 Å². The van der Waals surface area contributed by atoms with Crippen LogP contribution in [0.25, 0.3) is 5.76 Å². The number of phenolic OH excluding ortho intramolecular Hbond substituents is 1. The number of benzene rings is 3. The van der Waals surface area contributed by atoms with Gasteiger partial charge in [-0.05, 0) is 67.1 Å². The van der Waals surface area contributed by atoms with E-state index in [-0.39, 0.29) is 23.7 Å². The zero-order valence-corrected chi connectivity index (χ0v) is 20.9. The monoisotopic (exact) mass is 514 g/mol. The van der Waals surface area contributed by atoms with Crippen LogP contribution in [0.4, 0.5) is 11.4 Å². The van der Waals surface area contributed by atoms with E-state index in [4.69, 9.17) is 9.47 Å². The second-order valence-electron chi connectivity index (χ2n) is 8.98. The number of aliphatic hydroxyl groups is 1. The third-order valence-electron chi connectivity index (χ3n) is 6.61. The highest BCUT2D eigenvalue weighted by atomic mass is 16.5. The molecule has 1 saturated heterocycles. The second kappa shape index (κ2) is 9.93. The van der Waals surface area contributed by atoms with Crippen molar-refractivity contribution in [2.24, 2.45) is 0 Å². The standard InChI is InChI=1S/C29H26N2O7/c1-3-37-29(36)17-7-10-20(11-8-17)31-25(18-5-4-6-21(32)15-18)24(27(34)28(31)35)26(33)19-9-12-23-22(16-19)30(2)13-14-38-23/h4-12,15-16,25,32-33H,3,13-14H2,1-2H3/b26-24-. The fourth-order valence-corrected chi connectivity index (χ4v) is 4.74. The normalized spacial score (nSPS) is 18.2. The van der Waals surface area contributed by atoms with Crippen LogP contribution >= 0.6 is 0 Å². The summed E-state index contributed by atoms with van der Waals surface area (Å²) in [4.78, 5) is 42.1. The number of carbonyl (C=O) groups excluding carboxylic acids is 3. The van der Waals surface area contributed by atoms with Crippen molar-refractivity contribution in [3.63, 3.8) is 0 Å². The number of aliphatic hydroxyl groups excluding tert-OH is 1. The number of anilines is 2. The number of hydrogen-bond acceptors (Lipinski definition) is 8. The summed E-state index contributed by atoms with van der Waals surface area (Å²) in [6.45, 7) is 3.12. The van der Waals surface area contributed by atoms with Crippen LogP contribution in [0, 0.1) is 0 Å². The number of nitrogens with zero attached hydrogens (tertiary/aromatic N) is 2. The third-order valence-corrected chi connectivity index (χ3v) is 6.61. The van der Waals surface area contributed by atoms with E-state index in [2.05, 4.69) is 0 Å². The predicted octanol–water partition coefficient (Wildman–Crippen LogP) is 4.02. The van der Waals surface area contributed by atoms with Crippen molar-refractivity contribution in [1.29, 1.82) is 0 Å². The van der Waals surface area contributed by atoms with Gasteiger partial charge in [0.1, 0.15) is 23.9 Å². The molecule has 0 bridgehead atoms. The number of ether oxygens (including phenoxy) is 2. The molecule has 0 aromatic heterocycles. The van der Waals surface area contributed by atoms with Crippen LogP contribution in [-0.2, 0) is 14.3 Å². The molecule has 2 aliphatic heterocycles. The molecule has 9 nitrogen and oxygen atoms in total. The first-order valence-corrected chi connectivity index (χ1v) is 12.2. The molecule has 0 spiro atoms. The minimum Gasteiger partial charge on any atom is -0.508 e. The lowest BCUT2D eigenvalue weighted by Crippen LogP contribution is -2.29. The maximum Gasteiger partial charge on any atom is 0.338 e. The number of hydrogen-bond donors (Lipinski definition) is 2. The van der Waals surface area contributed by atoms with Crippen molar-refractivity contribution in [2.45, 2.75) is 13.0 Å². The maximum atomic E-state index is 13.4. The van der Waals surface area contributed by atoms with Crippen LogP contribution in [0.2, 0.25) is 0 Å². The molecule has 2 N–H and O–H groups in total. The molecule has 9 heteroatoms. The van der Waals surface area contributed by atoms with Gasteiger partial charge in [0.15, 0.2) is 0 Å².